The van der Waals surface area contributed by atoms with Gasteiger partial charge in [-0.2, -0.15) is 0 Å². The van der Waals surface area contributed by atoms with Crippen LogP contribution in [-0.2, 0) is 24.1 Å². The van der Waals surface area contributed by atoms with Crippen LogP contribution >= 0.6 is 11.8 Å². The first-order valence-electron chi connectivity index (χ1n) is 8.16. The minimum Gasteiger partial charge on any atom is -0.325 e. The van der Waals surface area contributed by atoms with Crippen LogP contribution in [0.25, 0.3) is 0 Å². The molecule has 1 heterocycles. The Bertz CT molecular complexity index is 698. The Labute approximate surface area is 140 Å². The number of carbonyl (C=O) groups is 1. The molecule has 1 amide bonds. The summed E-state index contributed by atoms with van der Waals surface area (Å²) in [6.07, 6.45) is 5.38. The highest BCUT2D eigenvalue weighted by Crippen LogP contribution is 2.26. The van der Waals surface area contributed by atoms with Gasteiger partial charge < -0.3 is 5.32 Å². The van der Waals surface area contributed by atoms with Gasteiger partial charge in [0, 0.05) is 12.1 Å². The van der Waals surface area contributed by atoms with E-state index in [0.29, 0.717) is 5.16 Å². The third-order valence-corrected chi connectivity index (χ3v) is 4.98. The Hall–Kier alpha value is -1.82. The predicted octanol–water partition coefficient (Wildman–Crippen LogP) is 3.37. The van der Waals surface area contributed by atoms with E-state index in [-0.39, 0.29) is 11.2 Å². The first-order valence-corrected chi connectivity index (χ1v) is 9.04. The summed E-state index contributed by atoms with van der Waals surface area (Å²) in [5.41, 5.74) is 3.65. The fourth-order valence-corrected chi connectivity index (χ4v) is 3.53. The van der Waals surface area contributed by atoms with Crippen molar-refractivity contribution < 1.29 is 4.79 Å². The van der Waals surface area contributed by atoms with Crippen LogP contribution in [0.3, 0.4) is 0 Å². The van der Waals surface area contributed by atoms with Crippen molar-refractivity contribution in [1.82, 2.24) is 15.2 Å². The molecule has 1 aliphatic rings. The van der Waals surface area contributed by atoms with Gasteiger partial charge in [-0.25, -0.2) is 4.98 Å². The van der Waals surface area contributed by atoms with Crippen molar-refractivity contribution >= 4 is 23.4 Å². The van der Waals surface area contributed by atoms with Gasteiger partial charge in [-0.3, -0.25) is 9.89 Å². The molecule has 5 nitrogen and oxygen atoms in total. The Morgan fingerprint density at radius 2 is 2.22 bits per heavy atom. The molecule has 1 aromatic heterocycles. The number of thioether (sulfide) groups is 1. The molecule has 1 aromatic carbocycles. The van der Waals surface area contributed by atoms with Crippen LogP contribution < -0.4 is 5.32 Å². The monoisotopic (exact) mass is 330 g/mol. The molecule has 1 aliphatic carbocycles. The molecule has 0 radical (unpaired) electrons. The van der Waals surface area contributed by atoms with E-state index >= 15 is 0 Å². The van der Waals surface area contributed by atoms with Crippen LogP contribution in [0.4, 0.5) is 5.69 Å². The standard InChI is InChI=1S/C17H22N4OS/c1-3-5-15-19-17(21-20-15)23-11(2)16(22)18-14-9-8-12-6-4-7-13(12)10-14/h8-11H,3-7H2,1-2H3,(H,18,22)(H,19,20,21). The van der Waals surface area contributed by atoms with Gasteiger partial charge >= 0.3 is 0 Å². The number of H-pyrrole nitrogens is 1. The van der Waals surface area contributed by atoms with Gasteiger partial charge in [0.2, 0.25) is 11.1 Å². The number of nitrogens with one attached hydrogen (secondary N) is 2. The third kappa shape index (κ3) is 3.93. The number of aromatic amines is 1. The first-order chi connectivity index (χ1) is 11.2. The minimum atomic E-state index is -0.242. The average molecular weight is 330 g/mol. The zero-order chi connectivity index (χ0) is 16.2. The second-order valence-corrected chi connectivity index (χ2v) is 7.21. The van der Waals surface area contributed by atoms with E-state index in [4.69, 9.17) is 0 Å². The van der Waals surface area contributed by atoms with Crippen molar-refractivity contribution in [2.24, 2.45) is 0 Å². The zero-order valence-electron chi connectivity index (χ0n) is 13.6. The Morgan fingerprint density at radius 3 is 3.04 bits per heavy atom. The number of amides is 1. The quantitative estimate of drug-likeness (QED) is 0.797. The Morgan fingerprint density at radius 1 is 1.39 bits per heavy atom. The molecule has 1 atom stereocenters. The molecule has 0 saturated carbocycles. The molecule has 2 N–H and O–H groups in total. The maximum atomic E-state index is 12.4. The molecule has 0 aliphatic heterocycles. The summed E-state index contributed by atoms with van der Waals surface area (Å²) in [7, 11) is 0. The van der Waals surface area contributed by atoms with Gasteiger partial charge in [0.05, 0.1) is 5.25 Å². The van der Waals surface area contributed by atoms with Crippen molar-refractivity contribution in [2.75, 3.05) is 5.32 Å². The number of benzene rings is 1. The average Bonchev–Trinajstić information content (AvgIpc) is 3.16. The van der Waals surface area contributed by atoms with Gasteiger partial charge in [-0.05, 0) is 55.9 Å². The Kier molecular flexibility index (Phi) is 5.00. The summed E-state index contributed by atoms with van der Waals surface area (Å²) in [5, 5.41) is 10.5. The molecule has 122 valence electrons. The fourth-order valence-electron chi connectivity index (χ4n) is 2.78. The lowest BCUT2D eigenvalue weighted by molar-refractivity contribution is -0.115. The highest BCUT2D eigenvalue weighted by molar-refractivity contribution is 8.00. The summed E-state index contributed by atoms with van der Waals surface area (Å²) in [5.74, 6) is 0.857. The molecule has 2 aromatic rings. The molecular weight excluding hydrogens is 308 g/mol. The molecule has 3 rings (SSSR count). The van der Waals surface area contributed by atoms with E-state index in [1.807, 2.05) is 13.0 Å². The smallest absolute Gasteiger partial charge is 0.237 e. The Balaban J connectivity index is 1.58. The van der Waals surface area contributed by atoms with E-state index in [1.54, 1.807) is 0 Å². The van der Waals surface area contributed by atoms with Gasteiger partial charge in [0.1, 0.15) is 5.82 Å². The molecule has 0 bridgehead atoms. The molecule has 0 saturated heterocycles. The predicted molar refractivity (Wildman–Crippen MR) is 92.8 cm³/mol. The summed E-state index contributed by atoms with van der Waals surface area (Å²) in [4.78, 5) is 16.7. The van der Waals surface area contributed by atoms with E-state index in [0.717, 1.165) is 37.2 Å². The van der Waals surface area contributed by atoms with Crippen LogP contribution in [0.5, 0.6) is 0 Å². The lowest BCUT2D eigenvalue weighted by Gasteiger charge is -2.11. The highest BCUT2D eigenvalue weighted by atomic mass is 32.2. The minimum absolute atomic E-state index is 0.0187. The maximum absolute atomic E-state index is 12.4. The summed E-state index contributed by atoms with van der Waals surface area (Å²) >= 11 is 1.38. The van der Waals surface area contributed by atoms with Gasteiger partial charge in [0.15, 0.2) is 0 Å². The number of aromatic nitrogens is 3. The largest absolute Gasteiger partial charge is 0.325 e. The van der Waals surface area contributed by atoms with E-state index in [9.17, 15) is 4.79 Å². The molecule has 23 heavy (non-hydrogen) atoms. The van der Waals surface area contributed by atoms with Crippen LogP contribution in [0.1, 0.15) is 43.6 Å². The summed E-state index contributed by atoms with van der Waals surface area (Å²) < 4.78 is 0. The second-order valence-electron chi connectivity index (χ2n) is 5.90. The molecule has 0 fully saturated rings. The number of hydrogen-bond acceptors (Lipinski definition) is 4. The molecule has 0 spiro atoms. The van der Waals surface area contributed by atoms with Crippen molar-refractivity contribution in [1.29, 1.82) is 0 Å². The third-order valence-electron chi connectivity index (χ3n) is 4.02. The number of aryl methyl sites for hydroxylation is 3. The van der Waals surface area contributed by atoms with Gasteiger partial charge in [0.25, 0.3) is 0 Å². The SMILES string of the molecule is CCCc1nc(SC(C)C(=O)Nc2ccc3c(c2)CCC3)n[nH]1. The van der Waals surface area contributed by atoms with Gasteiger partial charge in [-0.15, -0.1) is 5.10 Å². The number of fused-ring (bicyclic) bond motifs is 1. The number of anilines is 1. The van der Waals surface area contributed by atoms with Crippen molar-refractivity contribution in [3.8, 4) is 0 Å². The lowest BCUT2D eigenvalue weighted by Crippen LogP contribution is -2.22. The number of nitrogens with zero attached hydrogens (tertiary/aromatic N) is 2. The van der Waals surface area contributed by atoms with Crippen LogP contribution in [0.15, 0.2) is 23.4 Å². The van der Waals surface area contributed by atoms with Crippen LogP contribution in [0.2, 0.25) is 0 Å². The van der Waals surface area contributed by atoms with Gasteiger partial charge in [-0.1, -0.05) is 24.8 Å². The summed E-state index contributed by atoms with van der Waals surface area (Å²) in [6.45, 7) is 3.98. The maximum Gasteiger partial charge on any atom is 0.237 e. The van der Waals surface area contributed by atoms with Crippen LogP contribution in [-0.4, -0.2) is 26.3 Å². The number of carbonyl (C=O) groups excluding carboxylic acids is 1. The second kappa shape index (κ2) is 7.17. The number of rotatable bonds is 6. The first kappa shape index (κ1) is 16.1. The van der Waals surface area contributed by atoms with E-state index in [2.05, 4.69) is 39.6 Å². The fraction of sp³-hybridized carbons (Fsp3) is 0.471. The highest BCUT2D eigenvalue weighted by Gasteiger charge is 2.18. The molecule has 1 unspecified atom stereocenters. The molecule has 6 heteroatoms. The van der Waals surface area contributed by atoms with E-state index in [1.165, 1.54) is 29.3 Å². The van der Waals surface area contributed by atoms with Crippen molar-refractivity contribution in [3.63, 3.8) is 0 Å². The lowest BCUT2D eigenvalue weighted by atomic mass is 10.1. The summed E-state index contributed by atoms with van der Waals surface area (Å²) in [6, 6.07) is 6.22. The van der Waals surface area contributed by atoms with E-state index < -0.39 is 0 Å². The topological polar surface area (TPSA) is 70.7 Å². The molecular formula is C17H22N4OS. The van der Waals surface area contributed by atoms with Crippen molar-refractivity contribution in [3.05, 3.63) is 35.2 Å². The zero-order valence-corrected chi connectivity index (χ0v) is 14.4. The van der Waals surface area contributed by atoms with Crippen molar-refractivity contribution in [2.45, 2.75) is 56.4 Å². The van der Waals surface area contributed by atoms with Crippen LogP contribution in [0, 0.1) is 0 Å². The number of hydrogen-bond donors (Lipinski definition) is 2. The normalized spacial score (nSPS) is 14.5.